The van der Waals surface area contributed by atoms with Gasteiger partial charge in [-0.15, -0.1) is 0 Å². The molecule has 2 aromatic rings. The van der Waals surface area contributed by atoms with Crippen LogP contribution in [0.2, 0.25) is 0 Å². The van der Waals surface area contributed by atoms with Gasteiger partial charge in [-0.05, 0) is 44.9 Å². The van der Waals surface area contributed by atoms with Crippen molar-refractivity contribution in [1.82, 2.24) is 4.57 Å². The van der Waals surface area contributed by atoms with E-state index in [0.717, 1.165) is 17.0 Å². The van der Waals surface area contributed by atoms with E-state index in [1.807, 2.05) is 24.3 Å². The summed E-state index contributed by atoms with van der Waals surface area (Å²) in [6.07, 6.45) is 6.32. The van der Waals surface area contributed by atoms with Crippen molar-refractivity contribution < 1.29 is 14.3 Å². The normalized spacial score (nSPS) is 15.2. The van der Waals surface area contributed by atoms with Crippen molar-refractivity contribution >= 4 is 5.78 Å². The molecule has 1 aromatic carbocycles. The molecule has 1 heterocycles. The number of hydrogen-bond acceptors (Lipinski definition) is 3. The molecule has 25 heavy (non-hydrogen) atoms. The van der Waals surface area contributed by atoms with Gasteiger partial charge in [0.25, 0.3) is 0 Å². The van der Waals surface area contributed by atoms with Gasteiger partial charge < -0.3 is 14.0 Å². The maximum atomic E-state index is 12.7. The number of methoxy groups -OCH3 is 1. The summed E-state index contributed by atoms with van der Waals surface area (Å²) >= 11 is 0. The first-order valence-electron chi connectivity index (χ1n) is 9.08. The molecule has 1 aliphatic carbocycles. The van der Waals surface area contributed by atoms with Crippen molar-refractivity contribution in [3.8, 4) is 11.5 Å². The molecule has 0 spiro atoms. The van der Waals surface area contributed by atoms with E-state index in [1.165, 1.54) is 37.8 Å². The minimum absolute atomic E-state index is 0.0259. The number of benzene rings is 1. The first-order valence-corrected chi connectivity index (χ1v) is 9.08. The molecule has 1 fully saturated rings. The van der Waals surface area contributed by atoms with Crippen LogP contribution in [0.5, 0.6) is 11.5 Å². The second kappa shape index (κ2) is 7.77. The Labute approximate surface area is 149 Å². The van der Waals surface area contributed by atoms with Crippen LogP contribution in [-0.2, 0) is 0 Å². The van der Waals surface area contributed by atoms with Crippen LogP contribution in [0.25, 0.3) is 0 Å². The number of rotatable bonds is 6. The van der Waals surface area contributed by atoms with Gasteiger partial charge in [-0.2, -0.15) is 0 Å². The number of ether oxygens (including phenoxy) is 2. The summed E-state index contributed by atoms with van der Waals surface area (Å²) in [6.45, 7) is 4.20. The number of carbonyl (C=O) groups excluding carboxylic acids is 1. The smallest absolute Gasteiger partial charge is 0.202 e. The molecule has 0 atom stereocenters. The third kappa shape index (κ3) is 3.89. The zero-order valence-corrected chi connectivity index (χ0v) is 15.4. The molecule has 0 radical (unpaired) electrons. The van der Waals surface area contributed by atoms with Crippen molar-refractivity contribution in [2.45, 2.75) is 52.0 Å². The molecule has 3 rings (SSSR count). The molecule has 4 heteroatoms. The molecule has 0 saturated heterocycles. The second-order valence-corrected chi connectivity index (χ2v) is 6.84. The Morgan fingerprint density at radius 1 is 1.12 bits per heavy atom. The monoisotopic (exact) mass is 341 g/mol. The molecule has 1 aromatic heterocycles. The van der Waals surface area contributed by atoms with Gasteiger partial charge in [0.1, 0.15) is 11.5 Å². The molecule has 0 N–H and O–H groups in total. The van der Waals surface area contributed by atoms with Crippen molar-refractivity contribution in [1.29, 1.82) is 0 Å². The van der Waals surface area contributed by atoms with Gasteiger partial charge >= 0.3 is 0 Å². The molecule has 1 aliphatic rings. The highest BCUT2D eigenvalue weighted by Crippen LogP contribution is 2.32. The minimum atomic E-state index is 0.0259. The SMILES string of the molecule is COc1cccc(OCC(=O)c2cc(C)n(C3CCCCC3)c2C)c1. The highest BCUT2D eigenvalue weighted by atomic mass is 16.5. The van der Waals surface area contributed by atoms with E-state index in [1.54, 1.807) is 13.2 Å². The van der Waals surface area contributed by atoms with Crippen molar-refractivity contribution in [2.75, 3.05) is 13.7 Å². The third-order valence-electron chi connectivity index (χ3n) is 5.14. The van der Waals surface area contributed by atoms with E-state index in [0.29, 0.717) is 11.8 Å². The maximum absolute atomic E-state index is 12.7. The zero-order chi connectivity index (χ0) is 17.8. The van der Waals surface area contributed by atoms with Crippen molar-refractivity contribution in [2.24, 2.45) is 0 Å². The van der Waals surface area contributed by atoms with Gasteiger partial charge in [0.2, 0.25) is 5.78 Å². The summed E-state index contributed by atoms with van der Waals surface area (Å²) < 4.78 is 13.2. The lowest BCUT2D eigenvalue weighted by atomic mass is 9.95. The summed E-state index contributed by atoms with van der Waals surface area (Å²) in [5.74, 6) is 1.40. The highest BCUT2D eigenvalue weighted by Gasteiger charge is 2.22. The Morgan fingerprint density at radius 2 is 1.84 bits per heavy atom. The lowest BCUT2D eigenvalue weighted by Crippen LogP contribution is -2.17. The van der Waals surface area contributed by atoms with Gasteiger partial charge in [-0.25, -0.2) is 0 Å². The Kier molecular flexibility index (Phi) is 5.47. The van der Waals surface area contributed by atoms with Crippen molar-refractivity contribution in [3.05, 3.63) is 47.3 Å². The molecule has 0 amide bonds. The predicted molar refractivity (Wildman–Crippen MR) is 98.8 cm³/mol. The Balaban J connectivity index is 1.71. The Hall–Kier alpha value is -2.23. The number of Topliss-reactive ketones (excluding diaryl/α,β-unsaturated/α-hetero) is 1. The fourth-order valence-electron chi connectivity index (χ4n) is 3.88. The topological polar surface area (TPSA) is 40.5 Å². The number of ketones is 1. The molecule has 1 saturated carbocycles. The summed E-state index contributed by atoms with van der Waals surface area (Å²) in [6, 6.07) is 9.88. The van der Waals surface area contributed by atoms with Crippen LogP contribution >= 0.6 is 0 Å². The number of hydrogen-bond donors (Lipinski definition) is 0. The van der Waals surface area contributed by atoms with Crippen molar-refractivity contribution in [3.63, 3.8) is 0 Å². The summed E-state index contributed by atoms with van der Waals surface area (Å²) in [4.78, 5) is 12.7. The average molecular weight is 341 g/mol. The fraction of sp³-hybridized carbons (Fsp3) is 0.476. The molecule has 4 nitrogen and oxygen atoms in total. The van der Waals surface area contributed by atoms with Gasteiger partial charge in [-0.3, -0.25) is 4.79 Å². The van der Waals surface area contributed by atoms with Crippen LogP contribution in [0.3, 0.4) is 0 Å². The van der Waals surface area contributed by atoms with Crippen LogP contribution in [0.15, 0.2) is 30.3 Å². The first-order chi connectivity index (χ1) is 12.1. The number of carbonyl (C=O) groups is 1. The lowest BCUT2D eigenvalue weighted by Gasteiger charge is -2.26. The van der Waals surface area contributed by atoms with E-state index in [2.05, 4.69) is 18.4 Å². The molecule has 134 valence electrons. The van der Waals surface area contributed by atoms with E-state index < -0.39 is 0 Å². The van der Waals surface area contributed by atoms with E-state index in [4.69, 9.17) is 9.47 Å². The largest absolute Gasteiger partial charge is 0.497 e. The summed E-state index contributed by atoms with van der Waals surface area (Å²) in [5, 5.41) is 0. The Bertz CT molecular complexity index is 742. The molecule has 0 unspecified atom stereocenters. The Morgan fingerprint density at radius 3 is 2.56 bits per heavy atom. The quantitative estimate of drug-likeness (QED) is 0.703. The second-order valence-electron chi connectivity index (χ2n) is 6.84. The molecular formula is C21H27NO3. The summed E-state index contributed by atoms with van der Waals surface area (Å²) in [7, 11) is 1.62. The zero-order valence-electron chi connectivity index (χ0n) is 15.4. The first kappa shape index (κ1) is 17.6. The van der Waals surface area contributed by atoms with E-state index in [-0.39, 0.29) is 12.4 Å². The van der Waals surface area contributed by atoms with Gasteiger partial charge in [0.15, 0.2) is 6.61 Å². The predicted octanol–water partition coefficient (Wildman–Crippen LogP) is 4.88. The van der Waals surface area contributed by atoms with Crippen LogP contribution in [0.4, 0.5) is 0 Å². The standard InChI is InChI=1S/C21H27NO3/c1-15-12-20(16(2)22(15)17-8-5-4-6-9-17)21(23)14-25-19-11-7-10-18(13-19)24-3/h7,10-13,17H,4-6,8-9,14H2,1-3H3. The van der Waals surface area contributed by atoms with Crippen LogP contribution < -0.4 is 9.47 Å². The lowest BCUT2D eigenvalue weighted by molar-refractivity contribution is 0.0920. The van der Waals surface area contributed by atoms with Gasteiger partial charge in [-0.1, -0.05) is 25.3 Å². The number of nitrogens with zero attached hydrogens (tertiary/aromatic N) is 1. The van der Waals surface area contributed by atoms with E-state index in [9.17, 15) is 4.79 Å². The van der Waals surface area contributed by atoms with E-state index >= 15 is 0 Å². The van der Waals surface area contributed by atoms with Gasteiger partial charge in [0.05, 0.1) is 7.11 Å². The van der Waals surface area contributed by atoms with Crippen LogP contribution in [0.1, 0.15) is 59.9 Å². The summed E-state index contributed by atoms with van der Waals surface area (Å²) in [5.41, 5.74) is 3.03. The maximum Gasteiger partial charge on any atom is 0.202 e. The van der Waals surface area contributed by atoms with Gasteiger partial charge in [0, 0.05) is 29.1 Å². The average Bonchev–Trinajstić information content (AvgIpc) is 2.95. The minimum Gasteiger partial charge on any atom is -0.497 e. The van der Waals surface area contributed by atoms with Crippen LogP contribution in [0, 0.1) is 13.8 Å². The fourth-order valence-corrected chi connectivity index (χ4v) is 3.88. The molecule has 0 bridgehead atoms. The molecular weight excluding hydrogens is 314 g/mol. The van der Waals surface area contributed by atoms with Crippen LogP contribution in [-0.4, -0.2) is 24.1 Å². The number of aromatic nitrogens is 1. The third-order valence-corrected chi connectivity index (χ3v) is 5.14. The number of aryl methyl sites for hydroxylation is 1. The highest BCUT2D eigenvalue weighted by molar-refractivity contribution is 5.98. The molecule has 0 aliphatic heterocycles.